The smallest absolute Gasteiger partial charge is 0.308 e. The summed E-state index contributed by atoms with van der Waals surface area (Å²) in [6.07, 6.45) is 0.753. The second-order valence-corrected chi connectivity index (χ2v) is 1.61. The first-order valence-corrected chi connectivity index (χ1v) is 2.45. The standard InChI is InChI=1S/C4H4N2O4/c7-4(8)1-3-2-5-6(9)10-3/h2H,1H2,(H,7,8). The molecule has 54 valence electrons. The molecule has 1 heterocycles. The van der Waals surface area contributed by atoms with Gasteiger partial charge in [-0.3, -0.25) is 4.79 Å². The second-order valence-electron chi connectivity index (χ2n) is 1.61. The maximum atomic E-state index is 10.1. The Morgan fingerprint density at radius 1 is 2.00 bits per heavy atom. The van der Waals surface area contributed by atoms with Crippen LogP contribution in [0.15, 0.2) is 10.7 Å². The molecule has 0 bridgehead atoms. The molecule has 1 aromatic heterocycles. The van der Waals surface area contributed by atoms with Gasteiger partial charge in [0.05, 0.1) is 17.3 Å². The van der Waals surface area contributed by atoms with Crippen molar-refractivity contribution in [1.29, 1.82) is 0 Å². The minimum Gasteiger partial charge on any atom is -0.481 e. The van der Waals surface area contributed by atoms with Crippen LogP contribution in [-0.2, 0) is 11.2 Å². The third kappa shape index (κ3) is 1.44. The van der Waals surface area contributed by atoms with Crippen LogP contribution in [-0.4, -0.2) is 16.2 Å². The maximum absolute atomic E-state index is 10.1. The quantitative estimate of drug-likeness (QED) is 0.534. The molecule has 10 heavy (non-hydrogen) atoms. The first-order valence-electron chi connectivity index (χ1n) is 2.45. The Bertz CT molecular complexity index is 243. The number of hydrogen-bond donors (Lipinski definition) is 1. The summed E-state index contributed by atoms with van der Waals surface area (Å²) in [6, 6.07) is 0. The zero-order valence-electron chi connectivity index (χ0n) is 4.85. The molecule has 0 unspecified atom stereocenters. The molecule has 0 saturated heterocycles. The molecular weight excluding hydrogens is 140 g/mol. The molecule has 0 aliphatic rings. The summed E-state index contributed by atoms with van der Waals surface area (Å²) >= 11 is 0. The number of carbonyl (C=O) groups is 1. The van der Waals surface area contributed by atoms with E-state index in [4.69, 9.17) is 5.11 Å². The van der Waals surface area contributed by atoms with Crippen molar-refractivity contribution in [3.63, 3.8) is 0 Å². The summed E-state index contributed by atoms with van der Waals surface area (Å²) in [4.78, 5) is 9.98. The molecule has 0 radical (unpaired) electrons. The molecule has 6 heteroatoms. The minimum atomic E-state index is -1.06. The lowest BCUT2D eigenvalue weighted by Gasteiger charge is -1.85. The van der Waals surface area contributed by atoms with E-state index in [0.29, 0.717) is 0 Å². The van der Waals surface area contributed by atoms with Crippen LogP contribution >= 0.6 is 0 Å². The van der Waals surface area contributed by atoms with Crippen molar-refractivity contribution in [2.24, 2.45) is 0 Å². The van der Waals surface area contributed by atoms with Crippen molar-refractivity contribution >= 4 is 5.97 Å². The van der Waals surface area contributed by atoms with Gasteiger partial charge in [0.1, 0.15) is 6.20 Å². The maximum Gasteiger partial charge on any atom is 0.308 e. The van der Waals surface area contributed by atoms with E-state index in [1.54, 1.807) is 0 Å². The van der Waals surface area contributed by atoms with Gasteiger partial charge in [-0.25, -0.2) is 5.21 Å². The van der Waals surface area contributed by atoms with Crippen LogP contribution in [0.2, 0.25) is 0 Å². The van der Waals surface area contributed by atoms with Crippen LogP contribution < -0.4 is 5.02 Å². The Morgan fingerprint density at radius 2 is 2.70 bits per heavy atom. The summed E-state index contributed by atoms with van der Waals surface area (Å²) in [5, 5.41) is 21.4. The number of aliphatic carboxylic acids is 1. The summed E-state index contributed by atoms with van der Waals surface area (Å²) in [5.41, 5.74) is 0. The highest BCUT2D eigenvalue weighted by molar-refractivity contribution is 5.68. The van der Waals surface area contributed by atoms with E-state index >= 15 is 0 Å². The van der Waals surface area contributed by atoms with Gasteiger partial charge in [-0.1, -0.05) is 0 Å². The molecule has 0 aliphatic carbocycles. The van der Waals surface area contributed by atoms with Crippen molar-refractivity contribution < 1.29 is 19.4 Å². The lowest BCUT2D eigenvalue weighted by atomic mass is 10.4. The first-order chi connectivity index (χ1) is 4.68. The lowest BCUT2D eigenvalue weighted by Crippen LogP contribution is -2.25. The van der Waals surface area contributed by atoms with Crippen molar-refractivity contribution in [2.45, 2.75) is 6.42 Å². The van der Waals surface area contributed by atoms with E-state index in [1.807, 2.05) is 0 Å². The summed E-state index contributed by atoms with van der Waals surface area (Å²) in [7, 11) is 0. The molecule has 1 aromatic rings. The molecule has 0 spiro atoms. The lowest BCUT2D eigenvalue weighted by molar-refractivity contribution is -0.841. The van der Waals surface area contributed by atoms with Crippen LogP contribution in [0.5, 0.6) is 0 Å². The van der Waals surface area contributed by atoms with Crippen molar-refractivity contribution in [1.82, 2.24) is 5.10 Å². The fraction of sp³-hybridized carbons (Fsp3) is 0.250. The second kappa shape index (κ2) is 2.34. The molecular formula is C4H4N2O4. The number of aromatic nitrogens is 2. The molecule has 0 saturated carbocycles. The van der Waals surface area contributed by atoms with Crippen molar-refractivity contribution in [2.75, 3.05) is 0 Å². The largest absolute Gasteiger partial charge is 0.481 e. The highest BCUT2D eigenvalue weighted by atomic mass is 16.7. The number of carboxylic acid groups (broad SMARTS) is 1. The highest BCUT2D eigenvalue weighted by Crippen LogP contribution is 1.92. The van der Waals surface area contributed by atoms with E-state index < -0.39 is 5.97 Å². The summed E-state index contributed by atoms with van der Waals surface area (Å²) < 4.78 is 4.26. The molecule has 0 amide bonds. The van der Waals surface area contributed by atoms with Crippen LogP contribution in [0.25, 0.3) is 0 Å². The van der Waals surface area contributed by atoms with Crippen molar-refractivity contribution in [3.8, 4) is 0 Å². The fourth-order valence-corrected chi connectivity index (χ4v) is 0.486. The Balaban J connectivity index is 2.67. The first kappa shape index (κ1) is 6.53. The van der Waals surface area contributed by atoms with E-state index in [2.05, 4.69) is 9.62 Å². The third-order valence-corrected chi connectivity index (χ3v) is 0.817. The Morgan fingerprint density at radius 3 is 3.10 bits per heavy atom. The normalized spacial score (nSPS) is 9.60. The van der Waals surface area contributed by atoms with Crippen LogP contribution in [0.1, 0.15) is 5.76 Å². The monoisotopic (exact) mass is 144 g/mol. The summed E-state index contributed by atoms with van der Waals surface area (Å²) in [6.45, 7) is 0. The topological polar surface area (TPSA) is 90.3 Å². The van der Waals surface area contributed by atoms with Gasteiger partial charge >= 0.3 is 5.97 Å². The number of carboxylic acids is 1. The predicted molar refractivity (Wildman–Crippen MR) is 26.8 cm³/mol. The Hall–Kier alpha value is -1.59. The van der Waals surface area contributed by atoms with Gasteiger partial charge < -0.3 is 9.63 Å². The zero-order chi connectivity index (χ0) is 7.56. The molecule has 6 nitrogen and oxygen atoms in total. The van der Waals surface area contributed by atoms with Crippen LogP contribution in [0.4, 0.5) is 0 Å². The van der Waals surface area contributed by atoms with E-state index in [0.717, 1.165) is 6.20 Å². The van der Waals surface area contributed by atoms with Gasteiger partial charge in [0.25, 0.3) is 0 Å². The molecule has 0 fully saturated rings. The average Bonchev–Trinajstić information content (AvgIpc) is 2.13. The van der Waals surface area contributed by atoms with Gasteiger partial charge in [-0.15, -0.1) is 0 Å². The van der Waals surface area contributed by atoms with Gasteiger partial charge in [0.15, 0.2) is 5.02 Å². The van der Waals surface area contributed by atoms with Gasteiger partial charge in [0.2, 0.25) is 0 Å². The Kier molecular flexibility index (Phi) is 1.53. The zero-order valence-corrected chi connectivity index (χ0v) is 4.85. The number of hydrogen-bond acceptors (Lipinski definition) is 4. The van der Waals surface area contributed by atoms with E-state index in [-0.39, 0.29) is 17.2 Å². The van der Waals surface area contributed by atoms with E-state index in [9.17, 15) is 10.0 Å². The SMILES string of the molecule is O=C(O)Cc1cn[n+]([O-])o1. The fourth-order valence-electron chi connectivity index (χ4n) is 0.486. The third-order valence-electron chi connectivity index (χ3n) is 0.817. The average molecular weight is 144 g/mol. The molecule has 1 rings (SSSR count). The van der Waals surface area contributed by atoms with E-state index in [1.165, 1.54) is 0 Å². The van der Waals surface area contributed by atoms with Crippen LogP contribution in [0.3, 0.4) is 0 Å². The van der Waals surface area contributed by atoms with Gasteiger partial charge in [0, 0.05) is 0 Å². The molecule has 1 N–H and O–H groups in total. The van der Waals surface area contributed by atoms with Gasteiger partial charge in [-0.2, -0.15) is 0 Å². The molecule has 0 aromatic carbocycles. The molecule has 0 aliphatic heterocycles. The number of nitrogens with zero attached hydrogens (tertiary/aromatic N) is 2. The Labute approximate surface area is 55.2 Å². The summed E-state index contributed by atoms with van der Waals surface area (Å²) in [5.74, 6) is -1.01. The minimum absolute atomic E-state index is 0.0434. The molecule has 0 atom stereocenters. The van der Waals surface area contributed by atoms with Crippen LogP contribution in [0, 0.1) is 5.21 Å². The van der Waals surface area contributed by atoms with Crippen molar-refractivity contribution in [3.05, 3.63) is 17.2 Å². The predicted octanol–water partition coefficient (Wildman–Crippen LogP) is -1.06. The number of rotatable bonds is 2. The van der Waals surface area contributed by atoms with Gasteiger partial charge in [-0.05, 0) is 0 Å². The highest BCUT2D eigenvalue weighted by Gasteiger charge is 2.04.